The van der Waals surface area contributed by atoms with Gasteiger partial charge in [-0.15, -0.1) is 0 Å². The standard InChI is InChI=1S/C17H27N3O2/c1-5-11-20(16(21)22-17(2,3)4)15-9-8-13(12-19-15)14-7-6-10-18-14/h8-9,12,14,18H,5-7,10-11H2,1-4H3/t14-/m0/s1. The molecule has 1 fully saturated rings. The number of amides is 1. The molecule has 0 radical (unpaired) electrons. The Morgan fingerprint density at radius 2 is 2.23 bits per heavy atom. The maximum atomic E-state index is 12.3. The van der Waals surface area contributed by atoms with Crippen LogP contribution < -0.4 is 10.2 Å². The highest BCUT2D eigenvalue weighted by atomic mass is 16.6. The average Bonchev–Trinajstić information content (AvgIpc) is 2.97. The Bertz CT molecular complexity index is 488. The fourth-order valence-electron chi connectivity index (χ4n) is 2.57. The first-order valence-corrected chi connectivity index (χ1v) is 8.10. The van der Waals surface area contributed by atoms with E-state index in [-0.39, 0.29) is 6.09 Å². The number of rotatable bonds is 4. The van der Waals surface area contributed by atoms with Gasteiger partial charge in [0.1, 0.15) is 11.4 Å². The van der Waals surface area contributed by atoms with Crippen LogP contribution in [0, 0.1) is 0 Å². The monoisotopic (exact) mass is 305 g/mol. The molecule has 0 saturated carbocycles. The van der Waals surface area contributed by atoms with Gasteiger partial charge in [-0.2, -0.15) is 0 Å². The van der Waals surface area contributed by atoms with Crippen molar-refractivity contribution in [2.24, 2.45) is 0 Å². The van der Waals surface area contributed by atoms with E-state index < -0.39 is 5.60 Å². The maximum Gasteiger partial charge on any atom is 0.416 e. The molecular formula is C17H27N3O2. The highest BCUT2D eigenvalue weighted by molar-refractivity contribution is 5.86. The summed E-state index contributed by atoms with van der Waals surface area (Å²) < 4.78 is 5.47. The molecular weight excluding hydrogens is 278 g/mol. The van der Waals surface area contributed by atoms with E-state index in [1.165, 1.54) is 12.0 Å². The molecule has 0 aromatic carbocycles. The van der Waals surface area contributed by atoms with E-state index in [1.54, 1.807) is 4.90 Å². The van der Waals surface area contributed by atoms with Gasteiger partial charge in [0.05, 0.1) is 0 Å². The molecule has 1 aliphatic heterocycles. The van der Waals surface area contributed by atoms with Crippen LogP contribution >= 0.6 is 0 Å². The molecule has 5 nitrogen and oxygen atoms in total. The zero-order chi connectivity index (χ0) is 16.2. The molecule has 0 unspecified atom stereocenters. The van der Waals surface area contributed by atoms with Crippen molar-refractivity contribution < 1.29 is 9.53 Å². The Kier molecular flexibility index (Phi) is 5.40. The molecule has 0 bridgehead atoms. The van der Waals surface area contributed by atoms with Gasteiger partial charge in [0.15, 0.2) is 0 Å². The van der Waals surface area contributed by atoms with Crippen molar-refractivity contribution in [3.8, 4) is 0 Å². The maximum absolute atomic E-state index is 12.3. The molecule has 1 saturated heterocycles. The number of carbonyl (C=O) groups excluding carboxylic acids is 1. The van der Waals surface area contributed by atoms with Crippen molar-refractivity contribution in [2.75, 3.05) is 18.0 Å². The van der Waals surface area contributed by atoms with Crippen molar-refractivity contribution in [2.45, 2.75) is 58.6 Å². The second-order valence-electron chi connectivity index (χ2n) is 6.73. The van der Waals surface area contributed by atoms with Gasteiger partial charge < -0.3 is 10.1 Å². The van der Waals surface area contributed by atoms with Gasteiger partial charge >= 0.3 is 6.09 Å². The normalized spacial score (nSPS) is 18.3. The lowest BCUT2D eigenvalue weighted by Gasteiger charge is -2.26. The van der Waals surface area contributed by atoms with Crippen LogP contribution in [0.5, 0.6) is 0 Å². The van der Waals surface area contributed by atoms with Crippen molar-refractivity contribution in [1.29, 1.82) is 0 Å². The third kappa shape index (κ3) is 4.44. The van der Waals surface area contributed by atoms with Crippen molar-refractivity contribution in [3.05, 3.63) is 23.9 Å². The van der Waals surface area contributed by atoms with E-state index in [9.17, 15) is 4.79 Å². The van der Waals surface area contributed by atoms with Crippen molar-refractivity contribution >= 4 is 11.9 Å². The third-order valence-electron chi connectivity index (χ3n) is 3.57. The van der Waals surface area contributed by atoms with E-state index in [1.807, 2.05) is 40.0 Å². The Morgan fingerprint density at radius 1 is 1.45 bits per heavy atom. The first-order chi connectivity index (χ1) is 10.4. The summed E-state index contributed by atoms with van der Waals surface area (Å²) in [6, 6.07) is 4.36. The molecule has 5 heteroatoms. The van der Waals surface area contributed by atoms with Crippen LogP contribution in [0.15, 0.2) is 18.3 Å². The van der Waals surface area contributed by atoms with Crippen LogP contribution in [0.2, 0.25) is 0 Å². The molecule has 122 valence electrons. The highest BCUT2D eigenvalue weighted by Crippen LogP contribution is 2.24. The van der Waals surface area contributed by atoms with Gasteiger partial charge in [0.2, 0.25) is 0 Å². The lowest BCUT2D eigenvalue weighted by molar-refractivity contribution is 0.0579. The zero-order valence-electron chi connectivity index (χ0n) is 14.1. The molecule has 1 atom stereocenters. The predicted molar refractivity (Wildman–Crippen MR) is 88.1 cm³/mol. The number of pyridine rings is 1. The van der Waals surface area contributed by atoms with E-state index in [0.717, 1.165) is 19.4 Å². The smallest absolute Gasteiger partial charge is 0.416 e. The molecule has 1 aromatic rings. The zero-order valence-corrected chi connectivity index (χ0v) is 14.1. The fourth-order valence-corrected chi connectivity index (χ4v) is 2.57. The lowest BCUT2D eigenvalue weighted by atomic mass is 10.1. The number of hydrogen-bond donors (Lipinski definition) is 1. The summed E-state index contributed by atoms with van der Waals surface area (Å²) in [5.41, 5.74) is 0.679. The van der Waals surface area contributed by atoms with Crippen LogP contribution in [0.3, 0.4) is 0 Å². The van der Waals surface area contributed by atoms with Crippen LogP contribution in [-0.4, -0.2) is 29.8 Å². The molecule has 1 amide bonds. The number of ether oxygens (including phenoxy) is 1. The minimum atomic E-state index is -0.503. The Labute approximate surface area is 133 Å². The summed E-state index contributed by atoms with van der Waals surface area (Å²) in [6.07, 6.45) is 4.73. The Balaban J connectivity index is 2.12. The van der Waals surface area contributed by atoms with Crippen molar-refractivity contribution in [3.63, 3.8) is 0 Å². The van der Waals surface area contributed by atoms with Gasteiger partial charge in [0, 0.05) is 18.8 Å². The number of aromatic nitrogens is 1. The van der Waals surface area contributed by atoms with Gasteiger partial charge in [-0.3, -0.25) is 4.90 Å². The number of hydrogen-bond acceptors (Lipinski definition) is 4. The second-order valence-corrected chi connectivity index (χ2v) is 6.73. The summed E-state index contributed by atoms with van der Waals surface area (Å²) >= 11 is 0. The first-order valence-electron chi connectivity index (χ1n) is 8.10. The Hall–Kier alpha value is -1.62. The summed E-state index contributed by atoms with van der Waals surface area (Å²) in [5, 5.41) is 3.46. The van der Waals surface area contributed by atoms with Gasteiger partial charge in [-0.05, 0) is 58.2 Å². The minimum Gasteiger partial charge on any atom is -0.443 e. The third-order valence-corrected chi connectivity index (χ3v) is 3.57. The molecule has 0 spiro atoms. The predicted octanol–water partition coefficient (Wildman–Crippen LogP) is 3.66. The van der Waals surface area contributed by atoms with Gasteiger partial charge in [-0.25, -0.2) is 9.78 Å². The van der Waals surface area contributed by atoms with Crippen LogP contribution in [0.25, 0.3) is 0 Å². The van der Waals surface area contributed by atoms with Gasteiger partial charge in [0.25, 0.3) is 0 Å². The molecule has 2 heterocycles. The summed E-state index contributed by atoms with van der Waals surface area (Å²) in [4.78, 5) is 18.4. The topological polar surface area (TPSA) is 54.5 Å². The van der Waals surface area contributed by atoms with Crippen LogP contribution in [0.4, 0.5) is 10.6 Å². The SMILES string of the molecule is CCCN(C(=O)OC(C)(C)C)c1ccc([C@@H]2CCCN2)cn1. The molecule has 1 aromatic heterocycles. The molecule has 0 aliphatic carbocycles. The van der Waals surface area contributed by atoms with E-state index >= 15 is 0 Å². The molecule has 22 heavy (non-hydrogen) atoms. The highest BCUT2D eigenvalue weighted by Gasteiger charge is 2.24. The second kappa shape index (κ2) is 7.09. The van der Waals surface area contributed by atoms with E-state index in [0.29, 0.717) is 18.4 Å². The number of anilines is 1. The van der Waals surface area contributed by atoms with Crippen molar-refractivity contribution in [1.82, 2.24) is 10.3 Å². The average molecular weight is 305 g/mol. The van der Waals surface area contributed by atoms with Crippen LogP contribution in [0.1, 0.15) is 58.6 Å². The van der Waals surface area contributed by atoms with Gasteiger partial charge in [-0.1, -0.05) is 13.0 Å². The minimum absolute atomic E-state index is 0.339. The number of nitrogens with zero attached hydrogens (tertiary/aromatic N) is 2. The first kappa shape index (κ1) is 16.7. The fraction of sp³-hybridized carbons (Fsp3) is 0.647. The Morgan fingerprint density at radius 3 is 2.73 bits per heavy atom. The summed E-state index contributed by atoms with van der Waals surface area (Å²) in [6.45, 7) is 9.31. The lowest BCUT2D eigenvalue weighted by Crippen LogP contribution is -2.37. The summed E-state index contributed by atoms with van der Waals surface area (Å²) in [5.74, 6) is 0.651. The van der Waals surface area contributed by atoms with E-state index in [2.05, 4.69) is 16.4 Å². The molecule has 1 N–H and O–H groups in total. The molecule has 2 rings (SSSR count). The van der Waals surface area contributed by atoms with Crippen LogP contribution in [-0.2, 0) is 4.74 Å². The summed E-state index contributed by atoms with van der Waals surface area (Å²) in [7, 11) is 0. The van der Waals surface area contributed by atoms with E-state index in [4.69, 9.17) is 4.74 Å². The number of nitrogens with one attached hydrogen (secondary N) is 1. The number of carbonyl (C=O) groups is 1. The molecule has 1 aliphatic rings. The largest absolute Gasteiger partial charge is 0.443 e. The quantitative estimate of drug-likeness (QED) is 0.922.